The normalized spacial score (nSPS) is 44.5. The Kier molecular flexibility index (Phi) is 7.13. The molecule has 9 atom stereocenters. The van der Waals surface area contributed by atoms with E-state index in [0.29, 0.717) is 28.7 Å². The summed E-state index contributed by atoms with van der Waals surface area (Å²) in [6, 6.07) is 0. The molecule has 0 aromatic heterocycles. The summed E-state index contributed by atoms with van der Waals surface area (Å²) < 4.78 is 12.7. The molecule has 0 amide bonds. The third-order valence-electron chi connectivity index (χ3n) is 8.66. The van der Waals surface area contributed by atoms with Crippen LogP contribution in [0.4, 0.5) is 0 Å². The van der Waals surface area contributed by atoms with Crippen molar-refractivity contribution in [3.05, 3.63) is 46.0 Å². The average Bonchev–Trinajstić information content (AvgIpc) is 3.14. The summed E-state index contributed by atoms with van der Waals surface area (Å²) in [5.74, 6) is -2.16. The van der Waals surface area contributed by atoms with E-state index < -0.39 is 23.8 Å². The van der Waals surface area contributed by atoms with Gasteiger partial charge in [0.2, 0.25) is 11.6 Å². The number of rotatable bonds is 0. The molecule has 4 bridgehead atoms. The van der Waals surface area contributed by atoms with Crippen LogP contribution in [0.1, 0.15) is 74.1 Å². The van der Waals surface area contributed by atoms with Gasteiger partial charge in [-0.1, -0.05) is 46.3 Å². The van der Waals surface area contributed by atoms with E-state index in [1.54, 1.807) is 13.0 Å². The van der Waals surface area contributed by atoms with Gasteiger partial charge in [0.05, 0.1) is 18.3 Å². The number of fused-ring (bicyclic) bond motifs is 4. The Morgan fingerprint density at radius 3 is 2.46 bits per heavy atom. The molecule has 194 valence electrons. The van der Waals surface area contributed by atoms with Gasteiger partial charge in [0.25, 0.3) is 0 Å². The van der Waals surface area contributed by atoms with Gasteiger partial charge in [0.15, 0.2) is 5.76 Å². The highest BCUT2D eigenvalue weighted by Gasteiger charge is 2.51. The molecule has 0 aromatic carbocycles. The van der Waals surface area contributed by atoms with Gasteiger partial charge < -0.3 is 24.8 Å². The topological polar surface area (TPSA) is 96.2 Å². The predicted molar refractivity (Wildman–Crippen MR) is 134 cm³/mol. The predicted octanol–water partition coefficient (Wildman–Crippen LogP) is 5.13. The van der Waals surface area contributed by atoms with Crippen LogP contribution in [0.2, 0.25) is 0 Å². The van der Waals surface area contributed by atoms with Crippen molar-refractivity contribution < 1.29 is 29.6 Å². The van der Waals surface area contributed by atoms with Crippen LogP contribution in [0.3, 0.4) is 0 Å². The molecule has 3 heterocycles. The first-order valence-corrected chi connectivity index (χ1v) is 13.2. The molecule has 1 aliphatic carbocycles. The third kappa shape index (κ3) is 4.65. The molecule has 35 heavy (non-hydrogen) atoms. The summed E-state index contributed by atoms with van der Waals surface area (Å²) in [7, 11) is 0. The summed E-state index contributed by atoms with van der Waals surface area (Å²) in [6.07, 6.45) is 5.76. The second-order valence-electron chi connectivity index (χ2n) is 11.8. The van der Waals surface area contributed by atoms with Crippen LogP contribution in [0, 0.1) is 29.6 Å². The Balaban J connectivity index is 1.83. The first-order valence-electron chi connectivity index (χ1n) is 13.2. The zero-order valence-corrected chi connectivity index (χ0v) is 22.2. The standard InChI is InChI=1S/C29H42O6/c1-14-8-9-22-18(5)24(30)19(6)28(34-22)23-21-13-29(33,17(4)12-16(3)11-15(2)10-14)35-27(21)20(7)25(31)26(23)32/h10,13-14,16-19,22,24,28,30,32-33H,8-9,11-12H2,1-7H3/b15-10+/t14-,16+,17-,18-,19+,22+,24-,28+,29+/m0/s1/i9+0,10+0,11+0,12+0,13+0,20+0,21+0,22+0,24+0,26+0,28+0,29+0,30+0,31+2,33+0,35+2. The Bertz CT molecular complexity index is 1000. The number of Topliss-reactive ketones (excluding diaryl/α,β-unsaturated/α-hetero) is 1. The first kappa shape index (κ1) is 26.2. The number of aliphatic hydroxyl groups is 3. The van der Waals surface area contributed by atoms with Crippen molar-refractivity contribution in [3.63, 3.8) is 0 Å². The van der Waals surface area contributed by atoms with Crippen LogP contribution in [0.5, 0.6) is 0 Å². The van der Waals surface area contributed by atoms with Gasteiger partial charge in [-0.25, -0.2) is 0 Å². The molecule has 1 fully saturated rings. The van der Waals surface area contributed by atoms with Crippen molar-refractivity contribution in [2.75, 3.05) is 0 Å². The van der Waals surface area contributed by atoms with Gasteiger partial charge in [-0.2, -0.15) is 0 Å². The van der Waals surface area contributed by atoms with Gasteiger partial charge in [-0.15, -0.1) is 0 Å². The van der Waals surface area contributed by atoms with Crippen molar-refractivity contribution in [2.45, 2.75) is 98.2 Å². The minimum Gasteiger partial charge on any atom is -0.504 e. The molecular weight excluding hydrogens is 448 g/mol. The van der Waals surface area contributed by atoms with E-state index in [4.69, 9.17) is 9.47 Å². The lowest BCUT2D eigenvalue weighted by molar-refractivity contribution is -0.164. The molecule has 4 rings (SSSR count). The average molecular weight is 491 g/mol. The first-order chi connectivity index (χ1) is 16.3. The summed E-state index contributed by atoms with van der Waals surface area (Å²) in [5, 5.41) is 33.8. The molecule has 3 aliphatic heterocycles. The van der Waals surface area contributed by atoms with Gasteiger partial charge in [0, 0.05) is 34.5 Å². The molecule has 0 spiro atoms. The number of aliphatic hydroxyl groups excluding tert-OH is 2. The molecule has 0 aromatic rings. The SMILES string of the molecule is C/C1=[12CH]\[C@@H](C)C[12CH2][12C@H]2O[12C@@H](C3=[12C](O)C(=[18O])[12C](C)=C4[18O][12C@]([16OH])([12CH]=[12C]43)[C@@H](C)[12CH2][C@H](C)[12CH2]1)[C@H](C)[12C@@H]([16OH])[C@H]2C. The number of carbonyl (C=O) groups excluding carboxylic acids is 1. The quantitative estimate of drug-likeness (QED) is 0.322. The second kappa shape index (κ2) is 9.53. The van der Waals surface area contributed by atoms with E-state index in [0.717, 1.165) is 25.7 Å². The Morgan fingerprint density at radius 1 is 1.09 bits per heavy atom. The maximum atomic E-state index is 13.0. The second-order valence-corrected chi connectivity index (χ2v) is 11.8. The van der Waals surface area contributed by atoms with E-state index in [1.165, 1.54) is 5.57 Å². The number of ether oxygens (including phenoxy) is 2. The number of allylic oxidation sites excluding steroid dienone is 4. The summed E-state index contributed by atoms with van der Waals surface area (Å²) >= 11 is 0. The molecular formula is C29H42O6. The minimum absolute atomic E-state index is 0.0815. The van der Waals surface area contributed by atoms with Crippen LogP contribution in [0.25, 0.3) is 0 Å². The highest BCUT2D eigenvalue weighted by Crippen LogP contribution is 2.49. The molecule has 1 saturated heterocycles. The highest BCUT2D eigenvalue weighted by molar-refractivity contribution is 6.10. The molecule has 6 heteroatoms. The van der Waals surface area contributed by atoms with E-state index in [1.807, 2.05) is 20.8 Å². The fraction of sp³-hybridized carbons (Fsp3) is 0.690. The van der Waals surface area contributed by atoms with E-state index >= 15 is 0 Å². The Labute approximate surface area is 209 Å². The third-order valence-corrected chi connectivity index (χ3v) is 8.66. The van der Waals surface area contributed by atoms with Crippen molar-refractivity contribution in [1.29, 1.82) is 0 Å². The maximum Gasteiger partial charge on any atom is 0.231 e. The lowest BCUT2D eigenvalue weighted by atomic mass is 9.74. The van der Waals surface area contributed by atoms with E-state index in [9.17, 15) is 20.1 Å². The molecule has 0 saturated carbocycles. The molecule has 3 N–H and O–H groups in total. The smallest absolute Gasteiger partial charge is 0.231 e. The van der Waals surface area contributed by atoms with Crippen molar-refractivity contribution in [3.8, 4) is 0 Å². The fourth-order valence-electron chi connectivity index (χ4n) is 6.51. The minimum atomic E-state index is -1.60. The number of ketones is 1. The van der Waals surface area contributed by atoms with Crippen LogP contribution < -0.4 is 0 Å². The molecule has 0 radical (unpaired) electrons. The van der Waals surface area contributed by atoms with Crippen LogP contribution in [0.15, 0.2) is 46.0 Å². The monoisotopic (exact) mass is 490 g/mol. The van der Waals surface area contributed by atoms with Gasteiger partial charge in [0.1, 0.15) is 5.76 Å². The van der Waals surface area contributed by atoms with E-state index in [2.05, 4.69) is 26.8 Å². The zero-order chi connectivity index (χ0) is 25.8. The van der Waals surface area contributed by atoms with Gasteiger partial charge in [-0.05, 0) is 57.4 Å². The van der Waals surface area contributed by atoms with Crippen molar-refractivity contribution in [1.82, 2.24) is 0 Å². The van der Waals surface area contributed by atoms with Gasteiger partial charge >= 0.3 is 0 Å². The van der Waals surface area contributed by atoms with Gasteiger partial charge in [-0.3, -0.25) is 4.79 Å². The Hall–Kier alpha value is -1.89. The number of carbonyl (C=O) groups is 1. The van der Waals surface area contributed by atoms with Crippen molar-refractivity contribution in [2.24, 2.45) is 29.6 Å². The maximum absolute atomic E-state index is 13.0. The highest BCUT2D eigenvalue weighted by atomic mass is 18.3. The Morgan fingerprint density at radius 2 is 1.77 bits per heavy atom. The number of hydrogen-bond donors (Lipinski definition) is 3. The lowest BCUT2D eigenvalue weighted by Crippen LogP contribution is -2.50. The number of hydrogen-bond acceptors (Lipinski definition) is 6. The van der Waals surface area contributed by atoms with Crippen LogP contribution in [-0.2, 0) is 14.3 Å². The lowest BCUT2D eigenvalue weighted by Gasteiger charge is -2.44. The summed E-state index contributed by atoms with van der Waals surface area (Å²) in [4.78, 5) is 13.0. The molecule has 6 nitrogen and oxygen atoms in total. The van der Waals surface area contributed by atoms with Crippen molar-refractivity contribution >= 4 is 5.78 Å². The van der Waals surface area contributed by atoms with E-state index in [-0.39, 0.29) is 35.2 Å². The van der Waals surface area contributed by atoms with Crippen LogP contribution >= 0.6 is 0 Å². The van der Waals surface area contributed by atoms with Crippen LogP contribution in [-0.4, -0.2) is 45.2 Å². The largest absolute Gasteiger partial charge is 0.504 e. The molecule has 0 unspecified atom stereocenters. The zero-order valence-electron chi connectivity index (χ0n) is 22.2. The summed E-state index contributed by atoms with van der Waals surface area (Å²) in [6.45, 7) is 14.0. The fourth-order valence-corrected chi connectivity index (χ4v) is 6.51. The summed E-state index contributed by atoms with van der Waals surface area (Å²) in [5.41, 5.74) is 2.44. The molecule has 4 aliphatic rings.